The van der Waals surface area contributed by atoms with Gasteiger partial charge in [-0.05, 0) is 56.2 Å². The van der Waals surface area contributed by atoms with Crippen molar-refractivity contribution in [3.8, 4) is 5.75 Å². The molecule has 0 fully saturated rings. The van der Waals surface area contributed by atoms with Crippen molar-refractivity contribution in [2.24, 2.45) is 0 Å². The van der Waals surface area contributed by atoms with Gasteiger partial charge in [0.2, 0.25) is 10.0 Å². The smallest absolute Gasteiger partial charge is 0.240 e. The van der Waals surface area contributed by atoms with Crippen LogP contribution in [0.1, 0.15) is 18.4 Å². The fraction of sp³-hybridized carbons (Fsp3) is 0.294. The molecular formula is C17H20ClNO3S. The molecule has 0 aliphatic rings. The Bertz CT molecular complexity index is 713. The van der Waals surface area contributed by atoms with Crippen LogP contribution >= 0.6 is 11.6 Å². The van der Waals surface area contributed by atoms with E-state index in [1.54, 1.807) is 36.4 Å². The molecule has 0 spiro atoms. The highest BCUT2D eigenvalue weighted by atomic mass is 35.5. The van der Waals surface area contributed by atoms with E-state index >= 15 is 0 Å². The predicted molar refractivity (Wildman–Crippen MR) is 92.5 cm³/mol. The van der Waals surface area contributed by atoms with E-state index in [1.807, 2.05) is 19.1 Å². The van der Waals surface area contributed by atoms with Crippen LogP contribution in [0.5, 0.6) is 5.75 Å². The van der Waals surface area contributed by atoms with Crippen LogP contribution in [-0.2, 0) is 10.0 Å². The molecule has 0 saturated heterocycles. The van der Waals surface area contributed by atoms with Crippen molar-refractivity contribution in [2.75, 3.05) is 13.2 Å². The van der Waals surface area contributed by atoms with Gasteiger partial charge in [-0.15, -0.1) is 0 Å². The molecule has 6 heteroatoms. The fourth-order valence-electron chi connectivity index (χ4n) is 1.96. The Morgan fingerprint density at radius 2 is 1.65 bits per heavy atom. The highest BCUT2D eigenvalue weighted by Gasteiger charge is 2.12. The Balaban J connectivity index is 1.68. The number of sulfonamides is 1. The number of rotatable bonds is 8. The number of hydrogen-bond acceptors (Lipinski definition) is 3. The van der Waals surface area contributed by atoms with Crippen molar-refractivity contribution in [2.45, 2.75) is 24.7 Å². The van der Waals surface area contributed by atoms with Gasteiger partial charge < -0.3 is 4.74 Å². The molecule has 0 bridgehead atoms. The minimum absolute atomic E-state index is 0.292. The quantitative estimate of drug-likeness (QED) is 0.735. The van der Waals surface area contributed by atoms with Crippen molar-refractivity contribution in [3.05, 3.63) is 59.1 Å². The summed E-state index contributed by atoms with van der Waals surface area (Å²) in [6, 6.07) is 14.0. The molecular weight excluding hydrogens is 334 g/mol. The van der Waals surface area contributed by atoms with Crippen LogP contribution in [0.3, 0.4) is 0 Å². The number of unbranched alkanes of at least 4 members (excludes halogenated alkanes) is 1. The second-order valence-corrected chi connectivity index (χ2v) is 7.42. The Hall–Kier alpha value is -1.56. The van der Waals surface area contributed by atoms with Gasteiger partial charge in [0.1, 0.15) is 5.75 Å². The van der Waals surface area contributed by atoms with E-state index in [4.69, 9.17) is 16.3 Å². The summed E-state index contributed by atoms with van der Waals surface area (Å²) < 4.78 is 32.3. The molecule has 0 saturated carbocycles. The molecule has 23 heavy (non-hydrogen) atoms. The lowest BCUT2D eigenvalue weighted by Crippen LogP contribution is -2.25. The molecule has 4 nitrogen and oxygen atoms in total. The molecule has 2 aromatic rings. The zero-order valence-corrected chi connectivity index (χ0v) is 14.5. The molecule has 0 amide bonds. The standard InChI is InChI=1S/C17H20ClNO3S/c1-14-4-10-17(11-5-14)23(20,21)19-12-2-3-13-22-16-8-6-15(18)7-9-16/h4-11,19H,2-3,12-13H2,1H3. The number of aryl methyl sites for hydroxylation is 1. The van der Waals surface area contributed by atoms with Crippen LogP contribution in [-0.4, -0.2) is 21.6 Å². The monoisotopic (exact) mass is 353 g/mol. The zero-order chi connectivity index (χ0) is 16.7. The van der Waals surface area contributed by atoms with Gasteiger partial charge in [-0.25, -0.2) is 13.1 Å². The van der Waals surface area contributed by atoms with Crippen LogP contribution in [0.25, 0.3) is 0 Å². The summed E-state index contributed by atoms with van der Waals surface area (Å²) in [7, 11) is -3.43. The van der Waals surface area contributed by atoms with Crippen molar-refractivity contribution < 1.29 is 13.2 Å². The maximum Gasteiger partial charge on any atom is 0.240 e. The second kappa shape index (κ2) is 8.34. The first-order chi connectivity index (χ1) is 11.0. The van der Waals surface area contributed by atoms with Crippen molar-refractivity contribution in [1.82, 2.24) is 4.72 Å². The maximum atomic E-state index is 12.1. The SMILES string of the molecule is Cc1ccc(S(=O)(=O)NCCCCOc2ccc(Cl)cc2)cc1. The molecule has 0 unspecified atom stereocenters. The number of nitrogens with one attached hydrogen (secondary N) is 1. The Morgan fingerprint density at radius 3 is 2.30 bits per heavy atom. The maximum absolute atomic E-state index is 12.1. The molecule has 2 aromatic carbocycles. The van der Waals surface area contributed by atoms with Crippen LogP contribution in [0, 0.1) is 6.92 Å². The van der Waals surface area contributed by atoms with Crippen LogP contribution in [0.4, 0.5) is 0 Å². The van der Waals surface area contributed by atoms with E-state index in [-0.39, 0.29) is 0 Å². The first kappa shape index (κ1) is 17.8. The topological polar surface area (TPSA) is 55.4 Å². The lowest BCUT2D eigenvalue weighted by atomic mass is 10.2. The van der Waals surface area contributed by atoms with Crippen molar-refractivity contribution in [3.63, 3.8) is 0 Å². The molecule has 1 N–H and O–H groups in total. The largest absolute Gasteiger partial charge is 0.494 e. The van der Waals surface area contributed by atoms with Gasteiger partial charge in [0, 0.05) is 11.6 Å². The van der Waals surface area contributed by atoms with E-state index < -0.39 is 10.0 Å². The second-order valence-electron chi connectivity index (χ2n) is 5.22. The van der Waals surface area contributed by atoms with E-state index in [1.165, 1.54) is 0 Å². The van der Waals surface area contributed by atoms with Crippen molar-refractivity contribution in [1.29, 1.82) is 0 Å². The van der Waals surface area contributed by atoms with Gasteiger partial charge in [0.05, 0.1) is 11.5 Å². The van der Waals surface area contributed by atoms with Crippen LogP contribution in [0.2, 0.25) is 5.02 Å². The van der Waals surface area contributed by atoms with Gasteiger partial charge in [-0.1, -0.05) is 29.3 Å². The lowest BCUT2D eigenvalue weighted by molar-refractivity contribution is 0.307. The first-order valence-electron chi connectivity index (χ1n) is 7.42. The van der Waals surface area contributed by atoms with Gasteiger partial charge in [0.15, 0.2) is 0 Å². The number of benzene rings is 2. The third-order valence-electron chi connectivity index (χ3n) is 3.28. The molecule has 124 valence electrons. The summed E-state index contributed by atoms with van der Waals surface area (Å²) >= 11 is 5.80. The third kappa shape index (κ3) is 5.86. The Kier molecular flexibility index (Phi) is 6.45. The fourth-order valence-corrected chi connectivity index (χ4v) is 3.16. The van der Waals surface area contributed by atoms with Crippen LogP contribution in [0.15, 0.2) is 53.4 Å². The van der Waals surface area contributed by atoms with Gasteiger partial charge >= 0.3 is 0 Å². The summed E-state index contributed by atoms with van der Waals surface area (Å²) in [6.45, 7) is 2.85. The average Bonchev–Trinajstić information content (AvgIpc) is 2.53. The highest BCUT2D eigenvalue weighted by molar-refractivity contribution is 7.89. The van der Waals surface area contributed by atoms with Crippen LogP contribution < -0.4 is 9.46 Å². The molecule has 2 rings (SSSR count). The average molecular weight is 354 g/mol. The summed E-state index contributed by atoms with van der Waals surface area (Å²) in [6.07, 6.45) is 1.47. The molecule has 0 aliphatic carbocycles. The Labute approximate surface area is 142 Å². The molecule has 0 heterocycles. The predicted octanol–water partition coefficient (Wildman–Crippen LogP) is 3.79. The van der Waals surface area contributed by atoms with Gasteiger partial charge in [0.25, 0.3) is 0 Å². The highest BCUT2D eigenvalue weighted by Crippen LogP contribution is 2.15. The molecule has 0 atom stereocenters. The molecule has 0 aliphatic heterocycles. The van der Waals surface area contributed by atoms with E-state index in [2.05, 4.69) is 4.72 Å². The van der Waals surface area contributed by atoms with E-state index in [0.717, 1.165) is 17.7 Å². The van der Waals surface area contributed by atoms with E-state index in [0.29, 0.717) is 29.5 Å². The minimum Gasteiger partial charge on any atom is -0.494 e. The van der Waals surface area contributed by atoms with Gasteiger partial charge in [-0.3, -0.25) is 0 Å². The summed E-state index contributed by atoms with van der Waals surface area (Å²) in [4.78, 5) is 0.292. The van der Waals surface area contributed by atoms with Gasteiger partial charge in [-0.2, -0.15) is 0 Å². The first-order valence-corrected chi connectivity index (χ1v) is 9.28. The minimum atomic E-state index is -3.43. The number of halogens is 1. The molecule has 0 radical (unpaired) electrons. The normalized spacial score (nSPS) is 11.4. The Morgan fingerprint density at radius 1 is 1.00 bits per heavy atom. The molecule has 0 aromatic heterocycles. The summed E-state index contributed by atoms with van der Waals surface area (Å²) in [5.41, 5.74) is 1.03. The number of hydrogen-bond donors (Lipinski definition) is 1. The third-order valence-corrected chi connectivity index (χ3v) is 5.01. The lowest BCUT2D eigenvalue weighted by Gasteiger charge is -2.08. The van der Waals surface area contributed by atoms with Crippen molar-refractivity contribution >= 4 is 21.6 Å². The van der Waals surface area contributed by atoms with E-state index in [9.17, 15) is 8.42 Å². The number of ether oxygens (including phenoxy) is 1. The summed E-state index contributed by atoms with van der Waals surface area (Å²) in [5.74, 6) is 0.759. The zero-order valence-electron chi connectivity index (χ0n) is 13.0. The summed E-state index contributed by atoms with van der Waals surface area (Å²) in [5, 5.41) is 0.669.